The van der Waals surface area contributed by atoms with E-state index in [1.807, 2.05) is 19.1 Å². The van der Waals surface area contributed by atoms with E-state index in [1.165, 1.54) is 43.1 Å². The lowest BCUT2D eigenvalue weighted by atomic mass is 10.0. The third kappa shape index (κ3) is 4.47. The Morgan fingerprint density at radius 1 is 0.925 bits per heavy atom. The van der Waals surface area contributed by atoms with Crippen molar-refractivity contribution in [3.05, 3.63) is 117 Å². The van der Waals surface area contributed by atoms with Gasteiger partial charge in [-0.05, 0) is 72.1 Å². The van der Waals surface area contributed by atoms with Gasteiger partial charge in [0, 0.05) is 35.0 Å². The van der Waals surface area contributed by atoms with Crippen molar-refractivity contribution in [1.82, 2.24) is 24.7 Å². The van der Waals surface area contributed by atoms with Crippen LogP contribution in [0.1, 0.15) is 11.1 Å². The molecule has 2 aromatic carbocycles. The summed E-state index contributed by atoms with van der Waals surface area (Å²) in [5, 5.41) is 4.87. The average Bonchev–Trinajstić information content (AvgIpc) is 3.48. The molecule has 0 aliphatic carbocycles. The first-order valence-corrected chi connectivity index (χ1v) is 12.0. The lowest BCUT2D eigenvalue weighted by molar-refractivity contribution is -0.137. The predicted molar refractivity (Wildman–Crippen MR) is 142 cm³/mol. The van der Waals surface area contributed by atoms with Gasteiger partial charge in [0.25, 0.3) is 5.56 Å². The van der Waals surface area contributed by atoms with Gasteiger partial charge >= 0.3 is 6.18 Å². The van der Waals surface area contributed by atoms with E-state index in [2.05, 4.69) is 20.1 Å². The van der Waals surface area contributed by atoms with Crippen molar-refractivity contribution in [2.24, 2.45) is 0 Å². The molecule has 0 fully saturated rings. The summed E-state index contributed by atoms with van der Waals surface area (Å²) in [5.41, 5.74) is 0.373. The fourth-order valence-corrected chi connectivity index (χ4v) is 4.58. The van der Waals surface area contributed by atoms with E-state index in [-0.39, 0.29) is 16.8 Å². The van der Waals surface area contributed by atoms with Crippen molar-refractivity contribution in [2.45, 2.75) is 13.1 Å². The Balaban J connectivity index is 1.65. The van der Waals surface area contributed by atoms with E-state index < -0.39 is 23.0 Å². The number of halogens is 3. The quantitative estimate of drug-likeness (QED) is 0.303. The lowest BCUT2D eigenvalue weighted by Gasteiger charge is -2.17. The van der Waals surface area contributed by atoms with E-state index in [1.54, 1.807) is 24.4 Å². The van der Waals surface area contributed by atoms with Crippen LogP contribution in [0.3, 0.4) is 0 Å². The molecule has 0 unspecified atom stereocenters. The van der Waals surface area contributed by atoms with Crippen LogP contribution in [0.2, 0.25) is 0 Å². The van der Waals surface area contributed by atoms with Crippen LogP contribution < -0.4 is 11.1 Å². The van der Waals surface area contributed by atoms with Crippen LogP contribution in [0.25, 0.3) is 50.3 Å². The van der Waals surface area contributed by atoms with E-state index in [9.17, 15) is 22.8 Å². The fourth-order valence-electron chi connectivity index (χ4n) is 4.58. The Labute approximate surface area is 223 Å². The molecule has 0 radical (unpaired) electrons. The van der Waals surface area contributed by atoms with Crippen LogP contribution >= 0.6 is 0 Å². The smallest absolute Gasteiger partial charge is 0.418 e. The van der Waals surface area contributed by atoms with Crippen molar-refractivity contribution in [2.75, 3.05) is 0 Å². The molecule has 0 bridgehead atoms. The SMILES string of the molecule is Cc1cc(-c2cnco2)cc(-c2nn(-c3cc(-c4ccc(=O)[nH]c4)ccc3C(F)(F)F)c(=O)c3ncccc23)c1. The van der Waals surface area contributed by atoms with E-state index in [0.29, 0.717) is 33.4 Å². The molecular formula is C29H18F3N5O3. The second-order valence-corrected chi connectivity index (χ2v) is 9.09. The molecule has 40 heavy (non-hydrogen) atoms. The number of alkyl halides is 3. The van der Waals surface area contributed by atoms with Gasteiger partial charge in [-0.2, -0.15) is 23.0 Å². The number of aryl methyl sites for hydroxylation is 1. The second-order valence-electron chi connectivity index (χ2n) is 9.09. The molecule has 0 aliphatic rings. The number of pyridine rings is 2. The summed E-state index contributed by atoms with van der Waals surface area (Å²) in [6.07, 6.45) is 0.834. The van der Waals surface area contributed by atoms with Gasteiger partial charge in [0.05, 0.1) is 17.4 Å². The normalized spacial score (nSPS) is 11.7. The maximum Gasteiger partial charge on any atom is 0.418 e. The minimum atomic E-state index is -4.79. The van der Waals surface area contributed by atoms with Gasteiger partial charge in [-0.25, -0.2) is 4.98 Å². The van der Waals surface area contributed by atoms with Gasteiger partial charge in [-0.3, -0.25) is 14.6 Å². The summed E-state index contributed by atoms with van der Waals surface area (Å²) in [6, 6.07) is 14.8. The van der Waals surface area contributed by atoms with Crippen molar-refractivity contribution >= 4 is 10.9 Å². The molecule has 0 saturated carbocycles. The van der Waals surface area contributed by atoms with Crippen molar-refractivity contribution in [3.8, 4) is 39.4 Å². The third-order valence-corrected chi connectivity index (χ3v) is 6.37. The molecule has 0 aliphatic heterocycles. The number of benzene rings is 2. The first kappa shape index (κ1) is 25.0. The molecular weight excluding hydrogens is 523 g/mol. The van der Waals surface area contributed by atoms with Gasteiger partial charge < -0.3 is 9.40 Å². The predicted octanol–water partition coefficient (Wildman–Crippen LogP) is 5.79. The summed E-state index contributed by atoms with van der Waals surface area (Å²) in [5.74, 6) is 0.494. The number of aromatic amines is 1. The zero-order chi connectivity index (χ0) is 28.0. The van der Waals surface area contributed by atoms with E-state index in [4.69, 9.17) is 4.42 Å². The van der Waals surface area contributed by atoms with Crippen molar-refractivity contribution in [1.29, 1.82) is 0 Å². The molecule has 0 saturated heterocycles. The average molecular weight is 541 g/mol. The number of oxazole rings is 1. The minimum absolute atomic E-state index is 0.0437. The number of hydrogen-bond acceptors (Lipinski definition) is 6. The first-order chi connectivity index (χ1) is 19.2. The van der Waals surface area contributed by atoms with Crippen LogP contribution in [-0.4, -0.2) is 24.7 Å². The van der Waals surface area contributed by atoms with Crippen molar-refractivity contribution < 1.29 is 17.6 Å². The van der Waals surface area contributed by atoms with Gasteiger partial charge in [0.1, 0.15) is 11.2 Å². The Morgan fingerprint density at radius 3 is 2.45 bits per heavy atom. The molecule has 4 aromatic heterocycles. The van der Waals surface area contributed by atoms with Gasteiger partial charge in [-0.1, -0.05) is 6.07 Å². The molecule has 6 rings (SSSR count). The molecule has 4 heterocycles. The summed E-state index contributed by atoms with van der Waals surface area (Å²) >= 11 is 0. The van der Waals surface area contributed by atoms with Gasteiger partial charge in [0.2, 0.25) is 5.56 Å². The van der Waals surface area contributed by atoms with Crippen LogP contribution in [0.5, 0.6) is 0 Å². The maximum absolute atomic E-state index is 14.2. The Morgan fingerprint density at radius 2 is 1.73 bits per heavy atom. The molecule has 6 aromatic rings. The monoisotopic (exact) mass is 541 g/mol. The number of H-pyrrole nitrogens is 1. The van der Waals surface area contributed by atoms with Crippen LogP contribution in [0.4, 0.5) is 13.2 Å². The Kier molecular flexibility index (Phi) is 5.91. The summed E-state index contributed by atoms with van der Waals surface area (Å²) in [7, 11) is 0. The molecule has 0 amide bonds. The number of nitrogens with zero attached hydrogens (tertiary/aromatic N) is 4. The summed E-state index contributed by atoms with van der Waals surface area (Å²) in [6.45, 7) is 1.86. The second kappa shape index (κ2) is 9.45. The largest absolute Gasteiger partial charge is 0.444 e. The molecule has 198 valence electrons. The summed E-state index contributed by atoms with van der Waals surface area (Å²) < 4.78 is 48.9. The highest BCUT2D eigenvalue weighted by Gasteiger charge is 2.35. The first-order valence-electron chi connectivity index (χ1n) is 12.0. The molecule has 0 atom stereocenters. The standard InChI is InChI=1S/C29H18F3N5O3/c1-16-9-19(24-14-33-15-40-24)11-20(10-16)26-21-3-2-8-34-27(21)28(39)37(36-26)23-12-17(4-6-22(23)29(30,31)32)18-5-7-25(38)35-13-18/h2-15H,1H3,(H,35,38). The van der Waals surface area contributed by atoms with Crippen LogP contribution in [0, 0.1) is 6.92 Å². The highest BCUT2D eigenvalue weighted by Crippen LogP contribution is 2.37. The van der Waals surface area contributed by atoms with Crippen LogP contribution in [0.15, 0.2) is 99.7 Å². The van der Waals surface area contributed by atoms with Crippen molar-refractivity contribution in [3.63, 3.8) is 0 Å². The number of hydrogen-bond donors (Lipinski definition) is 1. The van der Waals surface area contributed by atoms with Crippen LogP contribution in [-0.2, 0) is 6.18 Å². The topological polar surface area (TPSA) is 107 Å². The number of aromatic nitrogens is 5. The van der Waals surface area contributed by atoms with E-state index >= 15 is 0 Å². The Bertz CT molecular complexity index is 1990. The Hall–Kier alpha value is -5.32. The molecule has 0 spiro atoms. The minimum Gasteiger partial charge on any atom is -0.444 e. The molecule has 1 N–H and O–H groups in total. The maximum atomic E-state index is 14.2. The highest BCUT2D eigenvalue weighted by molar-refractivity contribution is 5.92. The summed E-state index contributed by atoms with van der Waals surface area (Å²) in [4.78, 5) is 35.8. The van der Waals surface area contributed by atoms with Gasteiger partial charge in [0.15, 0.2) is 12.2 Å². The molecule has 11 heteroatoms. The molecule has 8 nitrogen and oxygen atoms in total. The third-order valence-electron chi connectivity index (χ3n) is 6.37. The zero-order valence-electron chi connectivity index (χ0n) is 20.7. The van der Waals surface area contributed by atoms with Gasteiger partial charge in [-0.15, -0.1) is 0 Å². The zero-order valence-corrected chi connectivity index (χ0v) is 20.7. The number of fused-ring (bicyclic) bond motifs is 1. The fraction of sp³-hybridized carbons (Fsp3) is 0.0690. The van der Waals surface area contributed by atoms with E-state index in [0.717, 1.165) is 16.3 Å². The number of rotatable bonds is 4. The lowest BCUT2D eigenvalue weighted by Crippen LogP contribution is -2.25. The highest BCUT2D eigenvalue weighted by atomic mass is 19.4. The number of nitrogens with one attached hydrogen (secondary N) is 1.